The van der Waals surface area contributed by atoms with Crippen LogP contribution in [0.15, 0.2) is 28.9 Å². The van der Waals surface area contributed by atoms with Gasteiger partial charge in [0.1, 0.15) is 0 Å². The predicted molar refractivity (Wildman–Crippen MR) is 78.0 cm³/mol. The maximum absolute atomic E-state index is 5.21. The highest BCUT2D eigenvalue weighted by Crippen LogP contribution is 1.92. The van der Waals surface area contributed by atoms with Gasteiger partial charge >= 0.3 is 0 Å². The Bertz CT molecular complexity index is 166. The Hall–Kier alpha value is -0.890. The fourth-order valence-electron chi connectivity index (χ4n) is 0.661. The van der Waals surface area contributed by atoms with E-state index in [4.69, 9.17) is 5.73 Å². The Kier molecular flexibility index (Phi) is 30.4. The number of unbranched alkanes of at least 4 members (excludes halogenated alkanes) is 2. The molecule has 0 aromatic heterocycles. The molecule has 2 nitrogen and oxygen atoms in total. The molecule has 0 amide bonds. The number of hydrogen-bond acceptors (Lipinski definition) is 2. The van der Waals surface area contributed by atoms with E-state index in [1.807, 2.05) is 39.8 Å². The van der Waals surface area contributed by atoms with Crippen molar-refractivity contribution < 1.29 is 0 Å². The molecule has 0 radical (unpaired) electrons. The summed E-state index contributed by atoms with van der Waals surface area (Å²) >= 11 is 0. The zero-order valence-corrected chi connectivity index (χ0v) is 11.8. The van der Waals surface area contributed by atoms with Crippen LogP contribution in [0.2, 0.25) is 0 Å². The second kappa shape index (κ2) is 23.7. The number of aliphatic imine (C=N–C) groups is 1. The van der Waals surface area contributed by atoms with Gasteiger partial charge in [-0.3, -0.25) is 4.99 Å². The molecule has 0 atom stereocenters. The summed E-state index contributed by atoms with van der Waals surface area (Å²) < 4.78 is 0. The molecule has 16 heavy (non-hydrogen) atoms. The van der Waals surface area contributed by atoms with Gasteiger partial charge in [-0.05, 0) is 39.6 Å². The van der Waals surface area contributed by atoms with Crippen molar-refractivity contribution in [3.63, 3.8) is 0 Å². The van der Waals surface area contributed by atoms with Gasteiger partial charge in [-0.25, -0.2) is 0 Å². The number of nitrogens with zero attached hydrogens (tertiary/aromatic N) is 1. The second-order valence-corrected chi connectivity index (χ2v) is 3.03. The Morgan fingerprint density at radius 2 is 1.88 bits per heavy atom. The van der Waals surface area contributed by atoms with Crippen molar-refractivity contribution in [2.24, 2.45) is 10.7 Å². The van der Waals surface area contributed by atoms with Crippen LogP contribution in [0, 0.1) is 0 Å². The van der Waals surface area contributed by atoms with Crippen molar-refractivity contribution in [1.29, 1.82) is 0 Å². The first-order chi connectivity index (χ1) is 7.72. The van der Waals surface area contributed by atoms with E-state index in [0.717, 1.165) is 6.54 Å². The minimum atomic E-state index is 0.855. The largest absolute Gasteiger partial charge is 0.330 e. The van der Waals surface area contributed by atoms with Gasteiger partial charge in [-0.1, -0.05) is 45.3 Å². The fraction of sp³-hybridized carbons (Fsp3) is 0.643. The van der Waals surface area contributed by atoms with Crippen LogP contribution in [0.5, 0.6) is 0 Å². The molecule has 0 rings (SSSR count). The lowest BCUT2D eigenvalue weighted by Crippen LogP contribution is -1.96. The fourth-order valence-corrected chi connectivity index (χ4v) is 0.661. The first-order valence-electron chi connectivity index (χ1n) is 6.18. The minimum absolute atomic E-state index is 0.855. The van der Waals surface area contributed by atoms with E-state index in [1.165, 1.54) is 24.8 Å². The predicted octanol–water partition coefficient (Wildman–Crippen LogP) is 4.33. The molecule has 0 unspecified atom stereocenters. The van der Waals surface area contributed by atoms with E-state index < -0.39 is 0 Å². The molecule has 2 heteroatoms. The molecule has 0 aliphatic rings. The van der Waals surface area contributed by atoms with Gasteiger partial charge < -0.3 is 5.73 Å². The highest BCUT2D eigenvalue weighted by Gasteiger charge is 1.75. The van der Waals surface area contributed by atoms with E-state index in [0.29, 0.717) is 0 Å². The van der Waals surface area contributed by atoms with Crippen LogP contribution in [0.1, 0.15) is 53.9 Å². The summed E-state index contributed by atoms with van der Waals surface area (Å²) in [5, 5.41) is 0. The van der Waals surface area contributed by atoms with Gasteiger partial charge in [0, 0.05) is 6.20 Å². The summed E-state index contributed by atoms with van der Waals surface area (Å²) in [4.78, 5) is 3.55. The molecule has 0 aromatic carbocycles. The monoisotopic (exact) mass is 226 g/mol. The maximum atomic E-state index is 5.21. The molecule has 0 saturated carbocycles. The summed E-state index contributed by atoms with van der Waals surface area (Å²) in [5.74, 6) is 0. The van der Waals surface area contributed by atoms with Crippen molar-refractivity contribution >= 4 is 6.72 Å². The van der Waals surface area contributed by atoms with Crippen molar-refractivity contribution in [2.75, 3.05) is 6.54 Å². The standard InChI is InChI=1S/C7H11N.C5H13N.C2H6/c1-4-7(2)5-6-8-3;1-2-3-4-5-6;1-2/h4-6H,3H2,1-2H3;2-6H2,1H3;1-2H3/b6-5-,7-4-;;. The van der Waals surface area contributed by atoms with E-state index in [2.05, 4.69) is 18.6 Å². The molecule has 0 heterocycles. The molecule has 0 bridgehead atoms. The molecule has 0 saturated heterocycles. The molecule has 96 valence electrons. The van der Waals surface area contributed by atoms with Crippen LogP contribution < -0.4 is 5.73 Å². The van der Waals surface area contributed by atoms with Crippen molar-refractivity contribution in [3.8, 4) is 0 Å². The lowest BCUT2D eigenvalue weighted by Gasteiger charge is -1.86. The average molecular weight is 226 g/mol. The summed E-state index contributed by atoms with van der Waals surface area (Å²) in [7, 11) is 0. The first-order valence-corrected chi connectivity index (χ1v) is 6.18. The van der Waals surface area contributed by atoms with Crippen LogP contribution in [0.3, 0.4) is 0 Å². The third kappa shape index (κ3) is 29.2. The van der Waals surface area contributed by atoms with Gasteiger partial charge in [0.2, 0.25) is 0 Å². The van der Waals surface area contributed by atoms with Gasteiger partial charge in [-0.15, -0.1) is 0 Å². The van der Waals surface area contributed by atoms with Crippen molar-refractivity contribution in [1.82, 2.24) is 0 Å². The number of nitrogens with two attached hydrogens (primary N) is 1. The van der Waals surface area contributed by atoms with Crippen molar-refractivity contribution in [2.45, 2.75) is 53.9 Å². The molecular formula is C14H30N2. The van der Waals surface area contributed by atoms with E-state index >= 15 is 0 Å². The number of hydrogen-bond donors (Lipinski definition) is 1. The lowest BCUT2D eigenvalue weighted by atomic mass is 10.3. The van der Waals surface area contributed by atoms with Crippen LogP contribution in [0.25, 0.3) is 0 Å². The van der Waals surface area contributed by atoms with Gasteiger partial charge in [0.05, 0.1) is 0 Å². The Balaban J connectivity index is -0.000000188. The van der Waals surface area contributed by atoms with Gasteiger partial charge in [-0.2, -0.15) is 0 Å². The summed E-state index contributed by atoms with van der Waals surface area (Å²) in [5.41, 5.74) is 6.42. The minimum Gasteiger partial charge on any atom is -0.330 e. The van der Waals surface area contributed by atoms with E-state index in [-0.39, 0.29) is 0 Å². The molecule has 0 fully saturated rings. The molecule has 0 aromatic rings. The van der Waals surface area contributed by atoms with E-state index in [9.17, 15) is 0 Å². The Labute approximate surface area is 102 Å². The van der Waals surface area contributed by atoms with Gasteiger partial charge in [0.15, 0.2) is 0 Å². The summed E-state index contributed by atoms with van der Waals surface area (Å²) in [6, 6.07) is 0. The normalized spacial score (nSPS) is 10.0. The third-order valence-electron chi connectivity index (χ3n) is 1.71. The second-order valence-electron chi connectivity index (χ2n) is 3.03. The summed E-state index contributed by atoms with van der Waals surface area (Å²) in [6.45, 7) is 14.3. The highest BCUT2D eigenvalue weighted by molar-refractivity contribution is 5.27. The van der Waals surface area contributed by atoms with Crippen LogP contribution in [-0.2, 0) is 0 Å². The van der Waals surface area contributed by atoms with Crippen molar-refractivity contribution in [3.05, 3.63) is 23.9 Å². The highest BCUT2D eigenvalue weighted by atomic mass is 14.6. The quantitative estimate of drug-likeness (QED) is 0.423. The third-order valence-corrected chi connectivity index (χ3v) is 1.71. The lowest BCUT2D eigenvalue weighted by molar-refractivity contribution is 0.727. The average Bonchev–Trinajstić information content (AvgIpc) is 2.36. The number of allylic oxidation sites excluding steroid dienone is 3. The van der Waals surface area contributed by atoms with E-state index in [1.54, 1.807) is 6.20 Å². The Morgan fingerprint density at radius 1 is 1.31 bits per heavy atom. The number of rotatable bonds is 5. The van der Waals surface area contributed by atoms with Crippen LogP contribution >= 0.6 is 0 Å². The maximum Gasteiger partial charge on any atom is 0.0263 e. The summed E-state index contributed by atoms with van der Waals surface area (Å²) in [6.07, 6.45) is 9.36. The Morgan fingerprint density at radius 3 is 2.12 bits per heavy atom. The molecule has 0 spiro atoms. The SMILES string of the molecule is C=N/C=C\C(C)=C/C.CC.CCCCCN. The van der Waals surface area contributed by atoms with Gasteiger partial charge in [0.25, 0.3) is 0 Å². The molecule has 2 N–H and O–H groups in total. The molecule has 0 aliphatic heterocycles. The molecule has 0 aliphatic carbocycles. The topological polar surface area (TPSA) is 38.4 Å². The van der Waals surface area contributed by atoms with Crippen LogP contribution in [0.4, 0.5) is 0 Å². The van der Waals surface area contributed by atoms with Crippen LogP contribution in [-0.4, -0.2) is 13.3 Å². The smallest absolute Gasteiger partial charge is 0.0263 e. The first kappa shape index (κ1) is 20.5. The molecular weight excluding hydrogens is 196 g/mol. The zero-order valence-electron chi connectivity index (χ0n) is 11.8. The zero-order chi connectivity index (χ0) is 13.2.